The highest BCUT2D eigenvalue weighted by molar-refractivity contribution is 6.31. The molecule has 1 heterocycles. The van der Waals surface area contributed by atoms with Crippen LogP contribution in [0.2, 0.25) is 5.02 Å². The van der Waals surface area contributed by atoms with Crippen molar-refractivity contribution in [2.24, 2.45) is 0 Å². The maximum atomic E-state index is 12.4. The van der Waals surface area contributed by atoms with Crippen molar-refractivity contribution in [2.75, 3.05) is 32.7 Å². The number of amides is 2. The van der Waals surface area contributed by atoms with Gasteiger partial charge in [-0.3, -0.25) is 9.59 Å². The Labute approximate surface area is 156 Å². The van der Waals surface area contributed by atoms with Crippen LogP contribution in [0, 0.1) is 0 Å². The molecule has 2 rings (SSSR count). The monoisotopic (exact) mass is 377 g/mol. The highest BCUT2D eigenvalue weighted by Crippen LogP contribution is 2.27. The van der Waals surface area contributed by atoms with Crippen LogP contribution in [0.15, 0.2) is 36.4 Å². The van der Waals surface area contributed by atoms with E-state index < -0.39 is 5.91 Å². The average molecular weight is 378 g/mol. The molecule has 1 aromatic heterocycles. The fourth-order valence-corrected chi connectivity index (χ4v) is 2.33. The summed E-state index contributed by atoms with van der Waals surface area (Å²) in [6.07, 6.45) is 0.691. The molecule has 0 aliphatic heterocycles. The van der Waals surface area contributed by atoms with Gasteiger partial charge in [0.2, 0.25) is 0 Å². The molecule has 0 radical (unpaired) electrons. The maximum Gasteiger partial charge on any atom is 0.274 e. The summed E-state index contributed by atoms with van der Waals surface area (Å²) < 4.78 is 10.1. The topological polar surface area (TPSA) is 89.5 Å². The summed E-state index contributed by atoms with van der Waals surface area (Å²) in [5.41, 5.74) is 0.686. The number of anilines is 1. The zero-order valence-corrected chi connectivity index (χ0v) is 15.3. The van der Waals surface area contributed by atoms with Crippen molar-refractivity contribution in [1.29, 1.82) is 0 Å². The average Bonchev–Trinajstić information content (AvgIpc) is 2.65. The van der Waals surface area contributed by atoms with E-state index in [-0.39, 0.29) is 17.3 Å². The summed E-state index contributed by atoms with van der Waals surface area (Å²) >= 11 is 5.96. The lowest BCUT2D eigenvalue weighted by molar-refractivity contribution is 0.0943. The Morgan fingerprint density at radius 2 is 1.85 bits per heavy atom. The SMILES string of the molecule is COCCCNC(=O)c1cccc(C(=O)Nc2cc(Cl)ccc2OC)n1. The lowest BCUT2D eigenvalue weighted by atomic mass is 10.2. The van der Waals surface area contributed by atoms with E-state index in [4.69, 9.17) is 21.1 Å². The number of halogens is 1. The molecule has 0 aliphatic rings. The van der Waals surface area contributed by atoms with Gasteiger partial charge in [0, 0.05) is 25.3 Å². The van der Waals surface area contributed by atoms with Crippen LogP contribution in [0.3, 0.4) is 0 Å². The molecule has 0 atom stereocenters. The van der Waals surface area contributed by atoms with Gasteiger partial charge in [0.25, 0.3) is 11.8 Å². The van der Waals surface area contributed by atoms with Gasteiger partial charge in [-0.25, -0.2) is 4.98 Å². The molecule has 0 unspecified atom stereocenters. The van der Waals surface area contributed by atoms with E-state index in [0.29, 0.717) is 36.0 Å². The molecular weight excluding hydrogens is 358 g/mol. The summed E-state index contributed by atoms with van der Waals surface area (Å²) in [7, 11) is 3.09. The Hall–Kier alpha value is -2.64. The third kappa shape index (κ3) is 5.44. The number of hydrogen-bond acceptors (Lipinski definition) is 5. The number of hydrogen-bond donors (Lipinski definition) is 2. The molecule has 8 heteroatoms. The number of aromatic nitrogens is 1. The van der Waals surface area contributed by atoms with Crippen LogP contribution in [0.4, 0.5) is 5.69 Å². The van der Waals surface area contributed by atoms with Crippen LogP contribution in [-0.2, 0) is 4.74 Å². The number of nitrogens with zero attached hydrogens (tertiary/aromatic N) is 1. The Kier molecular flexibility index (Phi) is 7.37. The number of nitrogens with one attached hydrogen (secondary N) is 2. The molecule has 26 heavy (non-hydrogen) atoms. The van der Waals surface area contributed by atoms with Crippen molar-refractivity contribution in [1.82, 2.24) is 10.3 Å². The zero-order valence-electron chi connectivity index (χ0n) is 14.5. The zero-order chi connectivity index (χ0) is 18.9. The summed E-state index contributed by atoms with van der Waals surface area (Å²) in [6, 6.07) is 9.54. The van der Waals surface area contributed by atoms with Gasteiger partial charge >= 0.3 is 0 Å². The third-order valence-electron chi connectivity index (χ3n) is 3.43. The summed E-state index contributed by atoms with van der Waals surface area (Å²) in [6.45, 7) is 1.02. The largest absolute Gasteiger partial charge is 0.495 e. The van der Waals surface area contributed by atoms with Gasteiger partial charge in [-0.05, 0) is 36.8 Å². The van der Waals surface area contributed by atoms with Crippen LogP contribution in [0.5, 0.6) is 5.75 Å². The van der Waals surface area contributed by atoms with E-state index >= 15 is 0 Å². The first-order valence-corrected chi connectivity index (χ1v) is 8.32. The quantitative estimate of drug-likeness (QED) is 0.690. The number of carbonyl (C=O) groups is 2. The van der Waals surface area contributed by atoms with E-state index in [1.165, 1.54) is 13.2 Å². The molecule has 0 aliphatic carbocycles. The van der Waals surface area contributed by atoms with Crippen LogP contribution in [-0.4, -0.2) is 44.2 Å². The normalized spacial score (nSPS) is 10.3. The molecule has 2 amide bonds. The Bertz CT molecular complexity index is 783. The first-order valence-electron chi connectivity index (χ1n) is 7.94. The predicted octanol–water partition coefficient (Wildman–Crippen LogP) is 2.76. The number of benzene rings is 1. The predicted molar refractivity (Wildman–Crippen MR) is 99.0 cm³/mol. The molecule has 7 nitrogen and oxygen atoms in total. The second kappa shape index (κ2) is 9.74. The standard InChI is InChI=1S/C18H20ClN3O4/c1-25-10-4-9-20-17(23)13-5-3-6-14(21-13)18(24)22-15-11-12(19)7-8-16(15)26-2/h3,5-8,11H,4,9-10H2,1-2H3,(H,20,23)(H,22,24). The second-order valence-corrected chi connectivity index (χ2v) is 5.75. The van der Waals surface area contributed by atoms with Crippen molar-refractivity contribution < 1.29 is 19.1 Å². The van der Waals surface area contributed by atoms with Crippen molar-refractivity contribution >= 4 is 29.1 Å². The van der Waals surface area contributed by atoms with E-state index in [2.05, 4.69) is 15.6 Å². The highest BCUT2D eigenvalue weighted by atomic mass is 35.5. The lowest BCUT2D eigenvalue weighted by Crippen LogP contribution is -2.27. The van der Waals surface area contributed by atoms with Crippen LogP contribution < -0.4 is 15.4 Å². The minimum absolute atomic E-state index is 0.108. The van der Waals surface area contributed by atoms with E-state index in [1.54, 1.807) is 37.4 Å². The Morgan fingerprint density at radius 3 is 2.54 bits per heavy atom. The smallest absolute Gasteiger partial charge is 0.274 e. The summed E-state index contributed by atoms with van der Waals surface area (Å²) in [5.74, 6) is -0.356. The molecular formula is C18H20ClN3O4. The third-order valence-corrected chi connectivity index (χ3v) is 3.67. The lowest BCUT2D eigenvalue weighted by Gasteiger charge is -2.11. The number of pyridine rings is 1. The Morgan fingerprint density at radius 1 is 1.12 bits per heavy atom. The van der Waals surface area contributed by atoms with E-state index in [0.717, 1.165) is 0 Å². The Balaban J connectivity index is 2.08. The fourth-order valence-electron chi connectivity index (χ4n) is 2.16. The molecule has 0 saturated carbocycles. The molecule has 0 spiro atoms. The van der Waals surface area contributed by atoms with Gasteiger partial charge in [-0.15, -0.1) is 0 Å². The van der Waals surface area contributed by atoms with Gasteiger partial charge in [0.15, 0.2) is 0 Å². The van der Waals surface area contributed by atoms with E-state index in [1.807, 2.05) is 0 Å². The van der Waals surface area contributed by atoms with Crippen molar-refractivity contribution in [3.8, 4) is 5.75 Å². The van der Waals surface area contributed by atoms with Crippen molar-refractivity contribution in [3.05, 3.63) is 52.8 Å². The van der Waals surface area contributed by atoms with Crippen molar-refractivity contribution in [2.45, 2.75) is 6.42 Å². The maximum absolute atomic E-state index is 12.4. The summed E-state index contributed by atoms with van der Waals surface area (Å²) in [5, 5.41) is 5.87. The van der Waals surface area contributed by atoms with Gasteiger partial charge in [0.05, 0.1) is 12.8 Å². The highest BCUT2D eigenvalue weighted by Gasteiger charge is 2.14. The van der Waals surface area contributed by atoms with Crippen LogP contribution in [0.1, 0.15) is 27.4 Å². The number of rotatable bonds is 8. The van der Waals surface area contributed by atoms with Gasteiger partial charge in [0.1, 0.15) is 17.1 Å². The van der Waals surface area contributed by atoms with Crippen LogP contribution >= 0.6 is 11.6 Å². The molecule has 2 N–H and O–H groups in total. The molecule has 1 aromatic carbocycles. The number of carbonyl (C=O) groups excluding carboxylic acids is 2. The molecule has 2 aromatic rings. The molecule has 0 bridgehead atoms. The minimum Gasteiger partial charge on any atom is -0.495 e. The fraction of sp³-hybridized carbons (Fsp3) is 0.278. The molecule has 0 fully saturated rings. The second-order valence-electron chi connectivity index (χ2n) is 5.31. The van der Waals surface area contributed by atoms with Crippen molar-refractivity contribution in [3.63, 3.8) is 0 Å². The number of ether oxygens (including phenoxy) is 2. The van der Waals surface area contributed by atoms with Gasteiger partial charge in [-0.2, -0.15) is 0 Å². The van der Waals surface area contributed by atoms with Gasteiger partial charge < -0.3 is 20.1 Å². The molecule has 138 valence electrons. The van der Waals surface area contributed by atoms with E-state index in [9.17, 15) is 9.59 Å². The van der Waals surface area contributed by atoms with Crippen LogP contribution in [0.25, 0.3) is 0 Å². The first-order chi connectivity index (χ1) is 12.5. The van der Waals surface area contributed by atoms with Gasteiger partial charge in [-0.1, -0.05) is 17.7 Å². The molecule has 0 saturated heterocycles. The summed E-state index contributed by atoms with van der Waals surface area (Å²) in [4.78, 5) is 28.7. The number of methoxy groups -OCH3 is 2. The minimum atomic E-state index is -0.473. The first kappa shape index (κ1) is 19.7.